The van der Waals surface area contributed by atoms with E-state index in [0.29, 0.717) is 0 Å². The number of aryl methyl sites for hydroxylation is 1. The molecule has 1 aromatic carbocycles. The van der Waals surface area contributed by atoms with Gasteiger partial charge in [-0.1, -0.05) is 37.6 Å². The van der Waals surface area contributed by atoms with Crippen LogP contribution in [-0.4, -0.2) is 79.3 Å². The number of hydrogen-bond acceptors (Lipinski definition) is 4. The molecule has 1 heterocycles. The first-order valence-electron chi connectivity index (χ1n) is 8.92. The van der Waals surface area contributed by atoms with Crippen LogP contribution in [0.4, 0.5) is 0 Å². The van der Waals surface area contributed by atoms with Crippen LogP contribution in [0.1, 0.15) is 24.5 Å². The van der Waals surface area contributed by atoms with Crippen molar-refractivity contribution < 1.29 is 5.11 Å². The molecule has 0 spiro atoms. The molecular weight excluding hydrogens is 286 g/mol. The van der Waals surface area contributed by atoms with Crippen LogP contribution in [0, 0.1) is 0 Å². The van der Waals surface area contributed by atoms with Gasteiger partial charge in [-0.3, -0.25) is 9.80 Å². The van der Waals surface area contributed by atoms with E-state index in [1.54, 1.807) is 0 Å². The molecule has 0 radical (unpaired) electrons. The first-order valence-corrected chi connectivity index (χ1v) is 8.92. The highest BCUT2D eigenvalue weighted by atomic mass is 16.3. The van der Waals surface area contributed by atoms with E-state index in [-0.39, 0.29) is 6.10 Å². The smallest absolute Gasteiger partial charge is 0.0793 e. The van der Waals surface area contributed by atoms with Crippen molar-refractivity contribution in [2.45, 2.75) is 32.4 Å². The molecule has 1 N–H and O–H groups in total. The van der Waals surface area contributed by atoms with Crippen molar-refractivity contribution in [2.75, 3.05) is 53.4 Å². The minimum atomic E-state index is -0.275. The Morgan fingerprint density at radius 3 is 2.30 bits per heavy atom. The van der Waals surface area contributed by atoms with Crippen LogP contribution in [0.3, 0.4) is 0 Å². The van der Waals surface area contributed by atoms with Crippen molar-refractivity contribution in [1.82, 2.24) is 14.7 Å². The van der Waals surface area contributed by atoms with Gasteiger partial charge in [0.15, 0.2) is 0 Å². The van der Waals surface area contributed by atoms with Crippen LogP contribution in [0.15, 0.2) is 24.3 Å². The zero-order chi connectivity index (χ0) is 16.7. The summed E-state index contributed by atoms with van der Waals surface area (Å²) in [6, 6.07) is 8.89. The summed E-state index contributed by atoms with van der Waals surface area (Å²) in [7, 11) is 4.25. The van der Waals surface area contributed by atoms with E-state index in [0.717, 1.165) is 52.2 Å². The maximum Gasteiger partial charge on any atom is 0.0793 e. The molecule has 1 aliphatic heterocycles. The number of benzene rings is 1. The third-order valence-corrected chi connectivity index (χ3v) is 4.60. The Hall–Kier alpha value is -0.940. The van der Waals surface area contributed by atoms with Crippen molar-refractivity contribution in [1.29, 1.82) is 0 Å². The van der Waals surface area contributed by atoms with Crippen molar-refractivity contribution in [3.8, 4) is 0 Å². The Kier molecular flexibility index (Phi) is 7.50. The molecule has 1 unspecified atom stereocenters. The summed E-state index contributed by atoms with van der Waals surface area (Å²) in [4.78, 5) is 6.94. The molecule has 1 fully saturated rings. The van der Waals surface area contributed by atoms with Gasteiger partial charge in [0.05, 0.1) is 6.10 Å². The molecule has 4 nitrogen and oxygen atoms in total. The number of β-amino-alcohol motifs (C(OH)–C–C–N with tert-alkyl or cyclic N) is 1. The second-order valence-electron chi connectivity index (χ2n) is 7.02. The minimum Gasteiger partial charge on any atom is -0.390 e. The fraction of sp³-hybridized carbons (Fsp3) is 0.684. The normalized spacial score (nSPS) is 18.5. The van der Waals surface area contributed by atoms with Crippen molar-refractivity contribution in [3.63, 3.8) is 0 Å². The van der Waals surface area contributed by atoms with E-state index in [4.69, 9.17) is 0 Å². The highest BCUT2D eigenvalue weighted by Crippen LogP contribution is 2.09. The van der Waals surface area contributed by atoms with Crippen LogP contribution in [0.25, 0.3) is 0 Å². The van der Waals surface area contributed by atoms with Crippen LogP contribution >= 0.6 is 0 Å². The van der Waals surface area contributed by atoms with Crippen molar-refractivity contribution in [2.24, 2.45) is 0 Å². The quantitative estimate of drug-likeness (QED) is 0.790. The summed E-state index contributed by atoms with van der Waals surface area (Å²) in [5.74, 6) is 0. The number of likely N-dealkylation sites (N-methyl/N-ethyl adjacent to an activating group) is 2. The molecule has 1 aliphatic rings. The SMILES string of the molecule is CCCc1ccc(CN(C)CC(O)CN2CCN(C)CC2)cc1. The van der Waals surface area contributed by atoms with E-state index in [2.05, 4.69) is 60.0 Å². The van der Waals surface area contributed by atoms with Gasteiger partial charge in [0.1, 0.15) is 0 Å². The summed E-state index contributed by atoms with van der Waals surface area (Å²) in [6.45, 7) is 8.96. The van der Waals surface area contributed by atoms with E-state index in [9.17, 15) is 5.11 Å². The van der Waals surface area contributed by atoms with Gasteiger partial charge in [-0.25, -0.2) is 0 Å². The number of nitrogens with zero attached hydrogens (tertiary/aromatic N) is 3. The molecule has 0 aromatic heterocycles. The van der Waals surface area contributed by atoms with Gasteiger partial charge in [-0.15, -0.1) is 0 Å². The molecule has 2 rings (SSSR count). The standard InChI is InChI=1S/C19H33N3O/c1-4-5-17-6-8-18(9-7-17)14-21(3)15-19(23)16-22-12-10-20(2)11-13-22/h6-9,19,23H,4-5,10-16H2,1-3H3. The van der Waals surface area contributed by atoms with Gasteiger partial charge in [0.2, 0.25) is 0 Å². The van der Waals surface area contributed by atoms with E-state index >= 15 is 0 Å². The lowest BCUT2D eigenvalue weighted by Gasteiger charge is -2.34. The molecule has 0 aliphatic carbocycles. The second-order valence-corrected chi connectivity index (χ2v) is 7.02. The highest BCUT2D eigenvalue weighted by molar-refractivity contribution is 5.22. The number of aliphatic hydroxyl groups excluding tert-OH is 1. The number of hydrogen-bond donors (Lipinski definition) is 1. The fourth-order valence-electron chi connectivity index (χ4n) is 3.22. The molecule has 0 bridgehead atoms. The van der Waals surface area contributed by atoms with Gasteiger partial charge < -0.3 is 10.0 Å². The second kappa shape index (κ2) is 9.38. The maximum absolute atomic E-state index is 10.3. The monoisotopic (exact) mass is 319 g/mol. The zero-order valence-electron chi connectivity index (χ0n) is 15.0. The zero-order valence-corrected chi connectivity index (χ0v) is 15.0. The number of rotatable bonds is 8. The van der Waals surface area contributed by atoms with E-state index in [1.807, 2.05) is 0 Å². The Bertz CT molecular complexity index is 440. The lowest BCUT2D eigenvalue weighted by molar-refractivity contribution is 0.0594. The lowest BCUT2D eigenvalue weighted by atomic mass is 10.1. The lowest BCUT2D eigenvalue weighted by Crippen LogP contribution is -2.48. The molecule has 0 amide bonds. The maximum atomic E-state index is 10.3. The molecule has 1 aromatic rings. The Labute approximate surface area is 141 Å². The molecular formula is C19H33N3O. The summed E-state index contributed by atoms with van der Waals surface area (Å²) < 4.78 is 0. The highest BCUT2D eigenvalue weighted by Gasteiger charge is 2.17. The largest absolute Gasteiger partial charge is 0.390 e. The average Bonchev–Trinajstić information content (AvgIpc) is 2.51. The predicted molar refractivity (Wildman–Crippen MR) is 96.7 cm³/mol. The molecule has 0 saturated carbocycles. The van der Waals surface area contributed by atoms with Crippen LogP contribution in [-0.2, 0) is 13.0 Å². The Balaban J connectivity index is 1.71. The Morgan fingerprint density at radius 2 is 1.70 bits per heavy atom. The molecule has 4 heteroatoms. The molecule has 130 valence electrons. The fourth-order valence-corrected chi connectivity index (χ4v) is 3.22. The summed E-state index contributed by atoms with van der Waals surface area (Å²) in [5, 5.41) is 10.3. The van der Waals surface area contributed by atoms with E-state index < -0.39 is 0 Å². The van der Waals surface area contributed by atoms with Gasteiger partial charge in [-0.2, -0.15) is 0 Å². The minimum absolute atomic E-state index is 0.275. The predicted octanol–water partition coefficient (Wildman–Crippen LogP) is 1.68. The first kappa shape index (κ1) is 18.4. The van der Waals surface area contributed by atoms with Gasteiger partial charge in [0.25, 0.3) is 0 Å². The molecule has 1 atom stereocenters. The van der Waals surface area contributed by atoms with E-state index in [1.165, 1.54) is 17.5 Å². The summed E-state index contributed by atoms with van der Waals surface area (Å²) in [5.41, 5.74) is 2.73. The molecule has 23 heavy (non-hydrogen) atoms. The summed E-state index contributed by atoms with van der Waals surface area (Å²) in [6.07, 6.45) is 2.07. The van der Waals surface area contributed by atoms with Crippen molar-refractivity contribution >= 4 is 0 Å². The van der Waals surface area contributed by atoms with Gasteiger partial charge >= 0.3 is 0 Å². The topological polar surface area (TPSA) is 30.0 Å². The summed E-state index contributed by atoms with van der Waals surface area (Å²) >= 11 is 0. The Morgan fingerprint density at radius 1 is 1.09 bits per heavy atom. The third-order valence-electron chi connectivity index (χ3n) is 4.60. The van der Waals surface area contributed by atoms with Gasteiger partial charge in [0, 0.05) is 45.8 Å². The van der Waals surface area contributed by atoms with Crippen LogP contribution < -0.4 is 0 Å². The third kappa shape index (κ3) is 6.60. The first-order chi connectivity index (χ1) is 11.1. The number of piperazine rings is 1. The number of aliphatic hydroxyl groups is 1. The molecule has 1 saturated heterocycles. The van der Waals surface area contributed by atoms with Crippen LogP contribution in [0.2, 0.25) is 0 Å². The van der Waals surface area contributed by atoms with Crippen molar-refractivity contribution in [3.05, 3.63) is 35.4 Å². The average molecular weight is 319 g/mol. The van der Waals surface area contributed by atoms with Crippen LogP contribution in [0.5, 0.6) is 0 Å². The van der Waals surface area contributed by atoms with Gasteiger partial charge in [-0.05, 0) is 31.6 Å².